The van der Waals surface area contributed by atoms with Gasteiger partial charge >= 0.3 is 0 Å². The van der Waals surface area contributed by atoms with Crippen LogP contribution in [0.4, 0.5) is 0 Å². The summed E-state index contributed by atoms with van der Waals surface area (Å²) in [7, 11) is 1.67. The highest BCUT2D eigenvalue weighted by Gasteiger charge is 2.17. The molecule has 0 N–H and O–H groups in total. The van der Waals surface area contributed by atoms with Crippen molar-refractivity contribution in [2.45, 2.75) is 32.0 Å². The van der Waals surface area contributed by atoms with Gasteiger partial charge in [-0.1, -0.05) is 23.9 Å². The third-order valence-electron chi connectivity index (χ3n) is 5.09. The van der Waals surface area contributed by atoms with E-state index in [-0.39, 0.29) is 5.78 Å². The number of ether oxygens (including phenoxy) is 1. The predicted octanol–water partition coefficient (Wildman–Crippen LogP) is 3.77. The Kier molecular flexibility index (Phi) is 5.85. The van der Waals surface area contributed by atoms with Crippen molar-refractivity contribution in [2.24, 2.45) is 0 Å². The Bertz CT molecular complexity index is 1150. The summed E-state index contributed by atoms with van der Waals surface area (Å²) >= 11 is 1.33. The fourth-order valence-corrected chi connectivity index (χ4v) is 4.15. The van der Waals surface area contributed by atoms with Gasteiger partial charge in [-0.25, -0.2) is 9.50 Å². The molecule has 3 heterocycles. The maximum atomic E-state index is 12.8. The summed E-state index contributed by atoms with van der Waals surface area (Å²) in [5, 5.41) is 4.89. The fourth-order valence-electron chi connectivity index (χ4n) is 3.44. The number of carbonyl (C=O) groups excluding carboxylic acids is 1. The molecule has 4 aromatic rings. The van der Waals surface area contributed by atoms with Gasteiger partial charge in [0, 0.05) is 35.9 Å². The molecule has 3 aromatic heterocycles. The molecule has 30 heavy (non-hydrogen) atoms. The van der Waals surface area contributed by atoms with Crippen LogP contribution in [-0.2, 0) is 13.0 Å². The lowest BCUT2D eigenvalue weighted by molar-refractivity contribution is 0.102. The second-order valence-corrected chi connectivity index (χ2v) is 7.95. The molecule has 0 unspecified atom stereocenters. The maximum absolute atomic E-state index is 12.8. The van der Waals surface area contributed by atoms with Crippen LogP contribution in [0, 0.1) is 13.8 Å². The lowest BCUT2D eigenvalue weighted by atomic mass is 10.1. The van der Waals surface area contributed by atoms with Crippen molar-refractivity contribution in [3.63, 3.8) is 0 Å². The molecule has 4 rings (SSSR count). The van der Waals surface area contributed by atoms with Crippen molar-refractivity contribution in [3.05, 3.63) is 71.3 Å². The number of nitrogens with zero attached hydrogens (tertiary/aromatic N) is 5. The number of methoxy groups -OCH3 is 1. The molecule has 0 spiro atoms. The van der Waals surface area contributed by atoms with Crippen LogP contribution in [0.15, 0.2) is 53.9 Å². The normalized spacial score (nSPS) is 11.2. The third kappa shape index (κ3) is 4.23. The summed E-state index contributed by atoms with van der Waals surface area (Å²) in [6.45, 7) is 4.87. The highest BCUT2D eigenvalue weighted by molar-refractivity contribution is 7.99. The standard InChI is InChI=1S/C22H23N5O2S/c1-15-13-19(16(2)26(15)12-9-17-5-7-18(29-3)8-6-17)20(28)14-30-22-24-21-23-10-4-11-27(21)25-22/h4-8,10-11,13H,9,12,14H2,1-3H3. The van der Waals surface area contributed by atoms with Crippen LogP contribution >= 0.6 is 11.8 Å². The molecule has 0 amide bonds. The Balaban J connectivity index is 1.41. The van der Waals surface area contributed by atoms with Crippen LogP contribution < -0.4 is 4.74 Å². The van der Waals surface area contributed by atoms with E-state index in [2.05, 4.69) is 31.8 Å². The average Bonchev–Trinajstić information content (AvgIpc) is 3.31. The first-order valence-electron chi connectivity index (χ1n) is 9.68. The monoisotopic (exact) mass is 421 g/mol. The lowest BCUT2D eigenvalue weighted by Crippen LogP contribution is -2.08. The summed E-state index contributed by atoms with van der Waals surface area (Å²) in [4.78, 5) is 21.3. The molecule has 154 valence electrons. The molecule has 7 nitrogen and oxygen atoms in total. The van der Waals surface area contributed by atoms with E-state index in [1.807, 2.05) is 32.0 Å². The predicted molar refractivity (Wildman–Crippen MR) is 116 cm³/mol. The molecule has 0 aliphatic heterocycles. The number of aromatic nitrogens is 5. The average molecular weight is 422 g/mol. The Hall–Kier alpha value is -3.13. The van der Waals surface area contributed by atoms with Crippen LogP contribution in [0.2, 0.25) is 0 Å². The van der Waals surface area contributed by atoms with Crippen LogP contribution in [0.25, 0.3) is 5.78 Å². The van der Waals surface area contributed by atoms with Gasteiger partial charge in [0.15, 0.2) is 5.78 Å². The van der Waals surface area contributed by atoms with E-state index in [9.17, 15) is 4.79 Å². The van der Waals surface area contributed by atoms with E-state index in [1.165, 1.54) is 17.3 Å². The molecule has 0 fully saturated rings. The van der Waals surface area contributed by atoms with Gasteiger partial charge in [-0.05, 0) is 50.1 Å². The van der Waals surface area contributed by atoms with Crippen LogP contribution in [-0.4, -0.2) is 42.8 Å². The molecule has 8 heteroatoms. The van der Waals surface area contributed by atoms with Gasteiger partial charge in [-0.15, -0.1) is 5.10 Å². The van der Waals surface area contributed by atoms with Gasteiger partial charge in [0.2, 0.25) is 5.16 Å². The topological polar surface area (TPSA) is 74.3 Å². The molecular formula is C22H23N5O2S. The van der Waals surface area contributed by atoms with Gasteiger partial charge in [-0.3, -0.25) is 4.79 Å². The van der Waals surface area contributed by atoms with E-state index in [1.54, 1.807) is 30.1 Å². The Morgan fingerprint density at radius 1 is 1.20 bits per heavy atom. The number of fused-ring (bicyclic) bond motifs is 1. The van der Waals surface area contributed by atoms with Crippen LogP contribution in [0.1, 0.15) is 27.3 Å². The number of thioether (sulfide) groups is 1. The number of hydrogen-bond acceptors (Lipinski definition) is 6. The first-order chi connectivity index (χ1) is 14.5. The highest BCUT2D eigenvalue weighted by Crippen LogP contribution is 2.21. The lowest BCUT2D eigenvalue weighted by Gasteiger charge is -2.10. The first-order valence-corrected chi connectivity index (χ1v) is 10.7. The molecular weight excluding hydrogens is 398 g/mol. The van der Waals surface area contributed by atoms with Crippen molar-refractivity contribution >= 4 is 23.3 Å². The van der Waals surface area contributed by atoms with Crippen molar-refractivity contribution < 1.29 is 9.53 Å². The van der Waals surface area contributed by atoms with E-state index in [0.29, 0.717) is 16.7 Å². The number of ketones is 1. The van der Waals surface area contributed by atoms with Crippen molar-refractivity contribution in [1.82, 2.24) is 24.1 Å². The van der Waals surface area contributed by atoms with E-state index in [0.717, 1.165) is 35.7 Å². The fraction of sp³-hybridized carbons (Fsp3) is 0.273. The summed E-state index contributed by atoms with van der Waals surface area (Å²) in [6, 6.07) is 11.9. The molecule has 0 radical (unpaired) electrons. The largest absolute Gasteiger partial charge is 0.497 e. The van der Waals surface area contributed by atoms with Crippen molar-refractivity contribution in [3.8, 4) is 5.75 Å². The minimum absolute atomic E-state index is 0.0793. The molecule has 0 saturated carbocycles. The van der Waals surface area contributed by atoms with Crippen molar-refractivity contribution in [1.29, 1.82) is 0 Å². The van der Waals surface area contributed by atoms with E-state index >= 15 is 0 Å². The van der Waals surface area contributed by atoms with Gasteiger partial charge in [0.25, 0.3) is 5.78 Å². The zero-order valence-corrected chi connectivity index (χ0v) is 18.0. The van der Waals surface area contributed by atoms with Crippen LogP contribution in [0.5, 0.6) is 5.75 Å². The minimum Gasteiger partial charge on any atom is -0.497 e. The number of rotatable bonds is 8. The Labute approximate surface area is 179 Å². The highest BCUT2D eigenvalue weighted by atomic mass is 32.2. The second kappa shape index (κ2) is 8.71. The first kappa shape index (κ1) is 20.2. The SMILES string of the molecule is COc1ccc(CCn2c(C)cc(C(=O)CSc3nc4ncccn4n3)c2C)cc1. The van der Waals surface area contributed by atoms with Gasteiger partial charge < -0.3 is 9.30 Å². The summed E-state index contributed by atoms with van der Waals surface area (Å²) < 4.78 is 9.03. The molecule has 0 atom stereocenters. The molecule has 0 aliphatic rings. The number of aryl methyl sites for hydroxylation is 2. The third-order valence-corrected chi connectivity index (χ3v) is 5.92. The van der Waals surface area contributed by atoms with Crippen LogP contribution in [0.3, 0.4) is 0 Å². The molecule has 0 saturated heterocycles. The minimum atomic E-state index is 0.0793. The maximum Gasteiger partial charge on any atom is 0.253 e. The van der Waals surface area contributed by atoms with Gasteiger partial charge in [0.1, 0.15) is 5.75 Å². The van der Waals surface area contributed by atoms with E-state index < -0.39 is 0 Å². The summed E-state index contributed by atoms with van der Waals surface area (Å²) in [6.07, 6.45) is 4.35. The number of benzene rings is 1. The van der Waals surface area contributed by atoms with Crippen molar-refractivity contribution in [2.75, 3.05) is 12.9 Å². The summed E-state index contributed by atoms with van der Waals surface area (Å²) in [5.74, 6) is 1.76. The smallest absolute Gasteiger partial charge is 0.253 e. The Morgan fingerprint density at radius 2 is 2.00 bits per heavy atom. The van der Waals surface area contributed by atoms with Gasteiger partial charge in [0.05, 0.1) is 12.9 Å². The zero-order valence-electron chi connectivity index (χ0n) is 17.2. The number of Topliss-reactive ketones (excluding diaryl/α,β-unsaturated/α-hetero) is 1. The molecule has 0 bridgehead atoms. The number of carbonyl (C=O) groups is 1. The quantitative estimate of drug-likeness (QED) is 0.318. The molecule has 1 aromatic carbocycles. The summed E-state index contributed by atoms with van der Waals surface area (Å²) in [5.41, 5.74) is 4.08. The second-order valence-electron chi connectivity index (χ2n) is 7.01. The number of hydrogen-bond donors (Lipinski definition) is 0. The van der Waals surface area contributed by atoms with E-state index in [4.69, 9.17) is 4.74 Å². The van der Waals surface area contributed by atoms with Gasteiger partial charge in [-0.2, -0.15) is 4.98 Å². The molecule has 0 aliphatic carbocycles. The zero-order chi connectivity index (χ0) is 21.1. The Morgan fingerprint density at radius 3 is 2.73 bits per heavy atom.